The molecule has 1 aromatic carbocycles. The number of hydrogen-bond acceptors (Lipinski definition) is 3. The van der Waals surface area contributed by atoms with Crippen LogP contribution in [0.2, 0.25) is 0 Å². The van der Waals surface area contributed by atoms with Crippen LogP contribution < -0.4 is 0 Å². The van der Waals surface area contributed by atoms with Crippen LogP contribution >= 0.6 is 0 Å². The molecule has 0 saturated heterocycles. The molecule has 0 saturated carbocycles. The smallest absolute Gasteiger partial charge is 0.262 e. The topological polar surface area (TPSA) is 39.9 Å². The summed E-state index contributed by atoms with van der Waals surface area (Å²) < 4.78 is 7.17. The lowest BCUT2D eigenvalue weighted by Crippen LogP contribution is -2.01. The van der Waals surface area contributed by atoms with Crippen LogP contribution in [0.25, 0.3) is 11.5 Å². The van der Waals surface area contributed by atoms with Crippen molar-refractivity contribution in [3.05, 3.63) is 54.3 Å². The standard InChI is InChI=1S/C15H17N3O/c1-3-13(14-8-6-5-7-9-14)10-15(19-4-2)18-12-16-11-17-18/h5-9,11-12H,3-4H2,1-2H3. The molecule has 0 N–H and O–H groups in total. The Bertz CT molecular complexity index is 565. The molecule has 0 unspecified atom stereocenters. The monoisotopic (exact) mass is 255 g/mol. The van der Waals surface area contributed by atoms with E-state index in [0.717, 1.165) is 17.6 Å². The third kappa shape index (κ3) is 3.33. The van der Waals surface area contributed by atoms with E-state index in [1.165, 1.54) is 6.33 Å². The number of ether oxygens (including phenoxy) is 1. The summed E-state index contributed by atoms with van der Waals surface area (Å²) in [4.78, 5) is 3.93. The third-order valence-corrected chi connectivity index (χ3v) is 2.64. The highest BCUT2D eigenvalue weighted by Gasteiger charge is 2.03. The molecule has 0 atom stereocenters. The van der Waals surface area contributed by atoms with Gasteiger partial charge in [-0.25, -0.2) is 4.98 Å². The van der Waals surface area contributed by atoms with Crippen LogP contribution in [0.1, 0.15) is 25.8 Å². The Hall–Kier alpha value is -2.32. The highest BCUT2D eigenvalue weighted by atomic mass is 16.5. The summed E-state index contributed by atoms with van der Waals surface area (Å²) in [5.74, 6) is 0.570. The first-order valence-corrected chi connectivity index (χ1v) is 6.38. The van der Waals surface area contributed by atoms with Crippen LogP contribution in [0.4, 0.5) is 0 Å². The van der Waals surface area contributed by atoms with Crippen LogP contribution in [-0.2, 0) is 4.74 Å². The lowest BCUT2D eigenvalue weighted by molar-refractivity contribution is 0.272. The van der Waals surface area contributed by atoms with Gasteiger partial charge in [-0.1, -0.05) is 37.3 Å². The molecule has 4 heteroatoms. The molecule has 1 aromatic heterocycles. The molecule has 0 aliphatic heterocycles. The number of rotatable bonds is 5. The van der Waals surface area contributed by atoms with Crippen molar-refractivity contribution in [2.24, 2.45) is 0 Å². The molecule has 0 spiro atoms. The molecule has 2 rings (SSSR count). The van der Waals surface area contributed by atoms with Crippen molar-refractivity contribution in [2.75, 3.05) is 6.61 Å². The van der Waals surface area contributed by atoms with Gasteiger partial charge in [0.15, 0.2) is 0 Å². The number of hydrogen-bond donors (Lipinski definition) is 0. The zero-order valence-corrected chi connectivity index (χ0v) is 11.2. The van der Waals surface area contributed by atoms with E-state index in [9.17, 15) is 0 Å². The summed E-state index contributed by atoms with van der Waals surface area (Å²) in [5.41, 5.74) is 5.52. The molecule has 2 aromatic rings. The molecule has 1 heterocycles. The predicted molar refractivity (Wildman–Crippen MR) is 75.0 cm³/mol. The average Bonchev–Trinajstić information content (AvgIpc) is 2.98. The summed E-state index contributed by atoms with van der Waals surface area (Å²) in [7, 11) is 0. The Morgan fingerprint density at radius 3 is 2.63 bits per heavy atom. The van der Waals surface area contributed by atoms with Crippen molar-refractivity contribution < 1.29 is 4.74 Å². The maximum atomic E-state index is 5.59. The minimum absolute atomic E-state index is 0.563. The molecule has 0 fully saturated rings. The molecule has 4 nitrogen and oxygen atoms in total. The minimum atomic E-state index is 0.563. The SMILES string of the molecule is CCOC(=C=C(CC)c1ccccc1)n1cncn1. The second-order valence-electron chi connectivity index (χ2n) is 3.90. The molecule has 98 valence electrons. The van der Waals surface area contributed by atoms with Gasteiger partial charge < -0.3 is 4.74 Å². The molecule has 0 radical (unpaired) electrons. The van der Waals surface area contributed by atoms with E-state index in [1.54, 1.807) is 11.0 Å². The second kappa shape index (κ2) is 6.57. The Morgan fingerprint density at radius 1 is 1.26 bits per heavy atom. The quantitative estimate of drug-likeness (QED) is 0.608. The molecular weight excluding hydrogens is 238 g/mol. The van der Waals surface area contributed by atoms with Gasteiger partial charge in [0.25, 0.3) is 5.88 Å². The van der Waals surface area contributed by atoms with Crippen molar-refractivity contribution in [2.45, 2.75) is 20.3 Å². The lowest BCUT2D eigenvalue weighted by Gasteiger charge is -2.06. The Morgan fingerprint density at radius 2 is 2.05 bits per heavy atom. The maximum absolute atomic E-state index is 5.59. The van der Waals surface area contributed by atoms with Crippen LogP contribution in [-0.4, -0.2) is 21.4 Å². The van der Waals surface area contributed by atoms with Gasteiger partial charge in [-0.15, -0.1) is 0 Å². The Kier molecular flexibility index (Phi) is 4.54. The van der Waals surface area contributed by atoms with Gasteiger partial charge in [-0.3, -0.25) is 0 Å². The van der Waals surface area contributed by atoms with Gasteiger partial charge in [0.2, 0.25) is 0 Å². The van der Waals surface area contributed by atoms with Crippen molar-refractivity contribution in [3.8, 4) is 0 Å². The highest BCUT2D eigenvalue weighted by Crippen LogP contribution is 2.18. The molecule has 0 bridgehead atoms. The fourth-order valence-corrected chi connectivity index (χ4v) is 1.74. The van der Waals surface area contributed by atoms with Crippen LogP contribution in [0.15, 0.2) is 48.7 Å². The molecule has 0 aliphatic carbocycles. The zero-order valence-electron chi connectivity index (χ0n) is 11.2. The van der Waals surface area contributed by atoms with Crippen LogP contribution in [0, 0.1) is 0 Å². The van der Waals surface area contributed by atoms with Crippen LogP contribution in [0.5, 0.6) is 0 Å². The summed E-state index contributed by atoms with van der Waals surface area (Å²) in [6.07, 6.45) is 3.96. The first-order chi connectivity index (χ1) is 9.35. The van der Waals surface area contributed by atoms with E-state index in [-0.39, 0.29) is 0 Å². The van der Waals surface area contributed by atoms with Crippen molar-refractivity contribution >= 4 is 11.5 Å². The molecular formula is C15H17N3O. The first kappa shape index (κ1) is 13.1. The molecule has 19 heavy (non-hydrogen) atoms. The second-order valence-corrected chi connectivity index (χ2v) is 3.90. The minimum Gasteiger partial charge on any atom is -0.472 e. The Labute approximate surface area is 113 Å². The number of benzene rings is 1. The number of allylic oxidation sites excluding steroid dienone is 1. The van der Waals surface area contributed by atoms with Gasteiger partial charge >= 0.3 is 0 Å². The highest BCUT2D eigenvalue weighted by molar-refractivity contribution is 5.67. The van der Waals surface area contributed by atoms with Crippen molar-refractivity contribution in [1.29, 1.82) is 0 Å². The van der Waals surface area contributed by atoms with Gasteiger partial charge in [-0.05, 0) is 24.6 Å². The summed E-state index contributed by atoms with van der Waals surface area (Å²) in [5, 5.41) is 4.08. The summed E-state index contributed by atoms with van der Waals surface area (Å²) in [6.45, 7) is 4.60. The van der Waals surface area contributed by atoms with Crippen molar-refractivity contribution in [1.82, 2.24) is 14.8 Å². The van der Waals surface area contributed by atoms with Crippen molar-refractivity contribution in [3.63, 3.8) is 0 Å². The normalized spacial score (nSPS) is 9.79. The third-order valence-electron chi connectivity index (χ3n) is 2.64. The van der Waals surface area contributed by atoms with E-state index in [1.807, 2.05) is 25.1 Å². The Balaban J connectivity index is 2.49. The lowest BCUT2D eigenvalue weighted by atomic mass is 10.1. The van der Waals surface area contributed by atoms with E-state index < -0.39 is 0 Å². The molecule has 0 amide bonds. The van der Waals surface area contributed by atoms with Gasteiger partial charge in [0.1, 0.15) is 12.7 Å². The van der Waals surface area contributed by atoms with E-state index in [0.29, 0.717) is 12.5 Å². The summed E-state index contributed by atoms with van der Waals surface area (Å²) in [6, 6.07) is 10.2. The van der Waals surface area contributed by atoms with Gasteiger partial charge in [0.05, 0.1) is 6.61 Å². The predicted octanol–water partition coefficient (Wildman–Crippen LogP) is 3.21. The zero-order chi connectivity index (χ0) is 13.5. The fraction of sp³-hybridized carbons (Fsp3) is 0.267. The number of aromatic nitrogens is 3. The number of nitrogens with zero attached hydrogens (tertiary/aromatic N) is 3. The van der Waals surface area contributed by atoms with Crippen LogP contribution in [0.3, 0.4) is 0 Å². The van der Waals surface area contributed by atoms with Gasteiger partial charge in [0, 0.05) is 5.57 Å². The maximum Gasteiger partial charge on any atom is 0.262 e. The molecule has 0 aliphatic rings. The average molecular weight is 255 g/mol. The van der Waals surface area contributed by atoms with E-state index >= 15 is 0 Å². The van der Waals surface area contributed by atoms with E-state index in [2.05, 4.69) is 34.9 Å². The fourth-order valence-electron chi connectivity index (χ4n) is 1.74. The largest absolute Gasteiger partial charge is 0.472 e. The van der Waals surface area contributed by atoms with E-state index in [4.69, 9.17) is 4.74 Å². The summed E-state index contributed by atoms with van der Waals surface area (Å²) >= 11 is 0. The van der Waals surface area contributed by atoms with Gasteiger partial charge in [-0.2, -0.15) is 9.78 Å². The first-order valence-electron chi connectivity index (χ1n) is 6.38.